The zero-order valence-corrected chi connectivity index (χ0v) is 26.4. The van der Waals surface area contributed by atoms with Gasteiger partial charge in [0.25, 0.3) is 5.91 Å². The molecule has 3 aromatic heterocycles. The molecule has 46 heavy (non-hydrogen) atoms. The first-order chi connectivity index (χ1) is 21.7. The maximum Gasteiger partial charge on any atom is 0.410 e. The number of ether oxygens (including phenoxy) is 1. The van der Waals surface area contributed by atoms with Gasteiger partial charge < -0.3 is 15.0 Å². The van der Waals surface area contributed by atoms with Crippen molar-refractivity contribution in [2.75, 3.05) is 18.9 Å². The lowest BCUT2D eigenvalue weighted by Gasteiger charge is -2.27. The van der Waals surface area contributed by atoms with Gasteiger partial charge in [0.05, 0.1) is 22.8 Å². The van der Waals surface area contributed by atoms with Crippen LogP contribution in [-0.4, -0.2) is 66.7 Å². The number of pyridine rings is 1. The van der Waals surface area contributed by atoms with Crippen LogP contribution in [0.3, 0.4) is 0 Å². The van der Waals surface area contributed by atoms with Gasteiger partial charge in [-0.15, -0.1) is 0 Å². The Bertz CT molecular complexity index is 1750. The van der Waals surface area contributed by atoms with Crippen LogP contribution in [0.4, 0.5) is 25.3 Å². The van der Waals surface area contributed by atoms with Crippen LogP contribution in [0.15, 0.2) is 54.9 Å². The minimum absolute atomic E-state index is 0.0196. The highest BCUT2D eigenvalue weighted by Gasteiger charge is 2.27. The predicted octanol–water partition coefficient (Wildman–Crippen LogP) is 4.43. The van der Waals surface area contributed by atoms with Crippen LogP contribution < -0.4 is 16.2 Å². The first kappa shape index (κ1) is 33.7. The van der Waals surface area contributed by atoms with Crippen molar-refractivity contribution in [1.82, 2.24) is 40.5 Å². The number of halogens is 3. The molecule has 1 atom stereocenters. The van der Waals surface area contributed by atoms with Gasteiger partial charge in [-0.25, -0.2) is 24.1 Å². The molecule has 0 bridgehead atoms. The number of carbonyl (C=O) groups excluding carboxylic acids is 3. The van der Waals surface area contributed by atoms with Crippen LogP contribution in [0.2, 0.25) is 5.02 Å². The second kappa shape index (κ2) is 14.3. The van der Waals surface area contributed by atoms with E-state index in [-0.39, 0.29) is 35.2 Å². The van der Waals surface area contributed by atoms with Gasteiger partial charge in [0, 0.05) is 44.5 Å². The van der Waals surface area contributed by atoms with Crippen molar-refractivity contribution in [3.8, 4) is 11.3 Å². The minimum atomic E-state index is -0.971. The molecular weight excluding hydrogens is 624 g/mol. The van der Waals surface area contributed by atoms with E-state index < -0.39 is 41.2 Å². The molecule has 16 heteroatoms. The summed E-state index contributed by atoms with van der Waals surface area (Å²) < 4.78 is 35.6. The minimum Gasteiger partial charge on any atom is -0.444 e. The van der Waals surface area contributed by atoms with E-state index in [0.29, 0.717) is 17.1 Å². The van der Waals surface area contributed by atoms with E-state index in [4.69, 9.17) is 16.3 Å². The van der Waals surface area contributed by atoms with E-state index in [0.717, 1.165) is 6.07 Å². The molecule has 0 aliphatic rings. The summed E-state index contributed by atoms with van der Waals surface area (Å²) in [6.07, 6.45) is 2.35. The molecule has 13 nitrogen and oxygen atoms in total. The van der Waals surface area contributed by atoms with Crippen molar-refractivity contribution < 1.29 is 27.9 Å². The average molecular weight is 656 g/mol. The molecule has 1 aromatic carbocycles. The Labute approximate surface area is 268 Å². The fraction of sp³-hybridized carbons (Fsp3) is 0.300. The lowest BCUT2D eigenvalue weighted by Crippen LogP contribution is -2.48. The Balaban J connectivity index is 1.48. The second-order valence-corrected chi connectivity index (χ2v) is 11.7. The van der Waals surface area contributed by atoms with Gasteiger partial charge in [-0.2, -0.15) is 9.49 Å². The monoisotopic (exact) mass is 655 g/mol. The molecule has 242 valence electrons. The Morgan fingerprint density at radius 3 is 2.48 bits per heavy atom. The number of hydrazine groups is 1. The van der Waals surface area contributed by atoms with Crippen molar-refractivity contribution in [2.45, 2.75) is 32.8 Å². The number of hydrogen-bond donors (Lipinski definition) is 3. The van der Waals surface area contributed by atoms with Crippen molar-refractivity contribution in [1.29, 1.82) is 0 Å². The Morgan fingerprint density at radius 2 is 1.80 bits per heavy atom. The van der Waals surface area contributed by atoms with Gasteiger partial charge in [0.15, 0.2) is 0 Å². The molecule has 4 aromatic rings. The number of aryl methyl sites for hydroxylation is 1. The van der Waals surface area contributed by atoms with Gasteiger partial charge >= 0.3 is 6.09 Å². The maximum atomic E-state index is 14.6. The zero-order chi connectivity index (χ0) is 33.6. The number of aromatic nitrogens is 5. The van der Waals surface area contributed by atoms with Crippen LogP contribution in [0.25, 0.3) is 11.3 Å². The number of anilines is 2. The predicted molar refractivity (Wildman–Crippen MR) is 165 cm³/mol. The zero-order valence-electron chi connectivity index (χ0n) is 25.6. The number of nitrogens with zero attached hydrogens (tertiary/aromatic N) is 6. The SMILES string of the molecule is CN(CC(Cc1ccc(Cl)c(F)c1)C(=O)NNC(=O)c1cc(-c2ccnc(Nc3ccnn3C)n2)cc(F)n1)C(=O)OC(C)(C)C. The molecule has 0 aliphatic carbocycles. The summed E-state index contributed by atoms with van der Waals surface area (Å²) in [5.41, 5.74) is 4.33. The molecule has 0 radical (unpaired) electrons. The van der Waals surface area contributed by atoms with E-state index in [9.17, 15) is 23.2 Å². The van der Waals surface area contributed by atoms with Crippen molar-refractivity contribution in [3.63, 3.8) is 0 Å². The van der Waals surface area contributed by atoms with Crippen LogP contribution in [0.1, 0.15) is 36.8 Å². The Kier molecular flexibility index (Phi) is 10.5. The van der Waals surface area contributed by atoms with Crippen molar-refractivity contribution in [3.05, 3.63) is 82.9 Å². The fourth-order valence-corrected chi connectivity index (χ4v) is 4.29. The molecule has 0 spiro atoms. The van der Waals surface area contributed by atoms with Crippen LogP contribution in [0.5, 0.6) is 0 Å². The number of hydrogen-bond acceptors (Lipinski definition) is 9. The number of benzene rings is 1. The summed E-state index contributed by atoms with van der Waals surface area (Å²) in [6.45, 7) is 4.95. The lowest BCUT2D eigenvalue weighted by molar-refractivity contribution is -0.126. The van der Waals surface area contributed by atoms with E-state index >= 15 is 0 Å². The number of amides is 3. The summed E-state index contributed by atoms with van der Waals surface area (Å²) in [4.78, 5) is 52.2. The summed E-state index contributed by atoms with van der Waals surface area (Å²) >= 11 is 5.80. The van der Waals surface area contributed by atoms with Gasteiger partial charge in [0.2, 0.25) is 17.8 Å². The summed E-state index contributed by atoms with van der Waals surface area (Å²) in [5, 5.41) is 6.97. The van der Waals surface area contributed by atoms with E-state index in [1.54, 1.807) is 50.8 Å². The maximum absolute atomic E-state index is 14.6. The van der Waals surface area contributed by atoms with Gasteiger partial charge in [-0.1, -0.05) is 17.7 Å². The number of nitrogens with one attached hydrogen (secondary N) is 3. The van der Waals surface area contributed by atoms with Crippen LogP contribution in [-0.2, 0) is 23.0 Å². The lowest BCUT2D eigenvalue weighted by atomic mass is 9.98. The highest BCUT2D eigenvalue weighted by molar-refractivity contribution is 6.30. The highest BCUT2D eigenvalue weighted by atomic mass is 35.5. The molecule has 0 saturated heterocycles. The molecule has 0 aliphatic heterocycles. The quantitative estimate of drug-likeness (QED) is 0.175. The average Bonchev–Trinajstić information content (AvgIpc) is 3.39. The fourth-order valence-electron chi connectivity index (χ4n) is 4.17. The first-order valence-electron chi connectivity index (χ1n) is 13.9. The highest BCUT2D eigenvalue weighted by Crippen LogP contribution is 2.22. The molecule has 3 N–H and O–H groups in total. The summed E-state index contributed by atoms with van der Waals surface area (Å²) in [7, 11) is 3.17. The molecule has 4 rings (SSSR count). The smallest absolute Gasteiger partial charge is 0.410 e. The Morgan fingerprint density at radius 1 is 1.04 bits per heavy atom. The molecule has 0 saturated carbocycles. The third kappa shape index (κ3) is 9.17. The summed E-state index contributed by atoms with van der Waals surface area (Å²) in [5.74, 6) is -3.42. The molecule has 0 fully saturated rings. The molecule has 3 amide bonds. The van der Waals surface area contributed by atoms with Gasteiger partial charge in [-0.05, 0) is 57.0 Å². The van der Waals surface area contributed by atoms with E-state index in [1.807, 2.05) is 0 Å². The molecule has 3 heterocycles. The van der Waals surface area contributed by atoms with Crippen LogP contribution in [0, 0.1) is 17.7 Å². The van der Waals surface area contributed by atoms with Crippen molar-refractivity contribution in [2.24, 2.45) is 13.0 Å². The van der Waals surface area contributed by atoms with E-state index in [1.165, 1.54) is 42.4 Å². The summed E-state index contributed by atoms with van der Waals surface area (Å²) in [6, 6.07) is 9.71. The second-order valence-electron chi connectivity index (χ2n) is 11.2. The topological polar surface area (TPSA) is 156 Å². The Hall–Kier alpha value is -5.18. The number of rotatable bonds is 9. The third-order valence-electron chi connectivity index (χ3n) is 6.37. The van der Waals surface area contributed by atoms with Crippen LogP contribution >= 0.6 is 11.6 Å². The normalized spacial score (nSPS) is 11.8. The van der Waals surface area contributed by atoms with Crippen molar-refractivity contribution >= 4 is 41.3 Å². The third-order valence-corrected chi connectivity index (χ3v) is 6.68. The van der Waals surface area contributed by atoms with Gasteiger partial charge in [0.1, 0.15) is 22.9 Å². The first-order valence-corrected chi connectivity index (χ1v) is 14.3. The largest absolute Gasteiger partial charge is 0.444 e. The van der Waals surface area contributed by atoms with Gasteiger partial charge in [-0.3, -0.25) is 25.1 Å². The molecule has 1 unspecified atom stereocenters. The van der Waals surface area contributed by atoms with E-state index in [2.05, 4.69) is 36.2 Å². The standard InChI is InChI=1S/C30H32ClF2N9O4/c1-30(2,3)46-29(45)41(4)16-19(12-17-6-7-20(31)21(32)13-17)26(43)39-40-27(44)23-14-18(15-24(33)36-23)22-8-10-34-28(37-22)38-25-9-11-35-42(25)5/h6-11,13-15,19H,12,16H2,1-5H3,(H,39,43)(H,40,44)(H,34,37,38). The molecular formula is C30H32ClF2N9O4. The number of carbonyl (C=O) groups is 3.